The maximum atomic E-state index is 14.4. The summed E-state index contributed by atoms with van der Waals surface area (Å²) in [6, 6.07) is 13.8. The van der Waals surface area contributed by atoms with Gasteiger partial charge >= 0.3 is 0 Å². The topological polar surface area (TPSA) is 12.0 Å². The third-order valence-corrected chi connectivity index (χ3v) is 4.15. The first-order valence-corrected chi connectivity index (χ1v) is 7.69. The maximum absolute atomic E-state index is 14.4. The normalized spacial score (nSPS) is 16.0. The van der Waals surface area contributed by atoms with E-state index in [0.29, 0.717) is 0 Å². The summed E-state index contributed by atoms with van der Waals surface area (Å²) in [4.78, 5) is 0. The number of hydrogen-bond acceptors (Lipinski definition) is 1. The zero-order valence-corrected chi connectivity index (χ0v) is 12.7. The molecule has 110 valence electrons. The number of aryl methyl sites for hydroxylation is 2. The quantitative estimate of drug-likeness (QED) is 0.850. The molecule has 21 heavy (non-hydrogen) atoms. The lowest BCUT2D eigenvalue weighted by molar-refractivity contribution is 0.533. The zero-order chi connectivity index (χ0) is 14.8. The summed E-state index contributed by atoms with van der Waals surface area (Å²) in [5, 5.41) is 3.56. The molecule has 0 bridgehead atoms. The fourth-order valence-corrected chi connectivity index (χ4v) is 2.73. The Kier molecular flexibility index (Phi) is 4.07. The van der Waals surface area contributed by atoms with Crippen LogP contribution in [0.4, 0.5) is 4.39 Å². The van der Waals surface area contributed by atoms with Crippen LogP contribution >= 0.6 is 0 Å². The van der Waals surface area contributed by atoms with Gasteiger partial charge in [0.05, 0.1) is 6.04 Å². The molecule has 2 heteroatoms. The van der Waals surface area contributed by atoms with E-state index >= 15 is 0 Å². The molecular weight excluding hydrogens is 261 g/mol. The molecule has 2 aromatic rings. The third-order valence-electron chi connectivity index (χ3n) is 4.15. The minimum atomic E-state index is -0.121. The van der Waals surface area contributed by atoms with Crippen LogP contribution in [-0.2, 0) is 0 Å². The van der Waals surface area contributed by atoms with Crippen molar-refractivity contribution in [1.29, 1.82) is 0 Å². The third kappa shape index (κ3) is 3.51. The van der Waals surface area contributed by atoms with Crippen molar-refractivity contribution >= 4 is 0 Å². The Morgan fingerprint density at radius 3 is 2.52 bits per heavy atom. The largest absolute Gasteiger partial charge is 0.306 e. The van der Waals surface area contributed by atoms with E-state index in [0.717, 1.165) is 29.2 Å². The van der Waals surface area contributed by atoms with Gasteiger partial charge in [0.15, 0.2) is 0 Å². The molecule has 0 heterocycles. The molecule has 1 unspecified atom stereocenters. The number of rotatable bonds is 5. The minimum Gasteiger partial charge on any atom is -0.306 e. The highest BCUT2D eigenvalue weighted by atomic mass is 19.1. The van der Waals surface area contributed by atoms with Crippen LogP contribution < -0.4 is 5.32 Å². The van der Waals surface area contributed by atoms with E-state index in [-0.39, 0.29) is 11.9 Å². The summed E-state index contributed by atoms with van der Waals surface area (Å²) in [5.74, 6) is 0.649. The van der Waals surface area contributed by atoms with Crippen molar-refractivity contribution in [2.24, 2.45) is 5.92 Å². The Morgan fingerprint density at radius 2 is 1.86 bits per heavy atom. The molecule has 1 N–H and O–H groups in total. The van der Waals surface area contributed by atoms with Gasteiger partial charge in [-0.2, -0.15) is 0 Å². The molecular formula is C19H22FN. The van der Waals surface area contributed by atoms with E-state index in [1.807, 2.05) is 25.1 Å². The SMILES string of the molecule is Cc1cccc(C(NCC2CC2)c2ccc(C)cc2F)c1. The van der Waals surface area contributed by atoms with Crippen molar-refractivity contribution in [3.63, 3.8) is 0 Å². The highest BCUT2D eigenvalue weighted by Gasteiger charge is 2.24. The Bertz CT molecular complexity index is 631. The molecule has 0 amide bonds. The van der Waals surface area contributed by atoms with E-state index < -0.39 is 0 Å². The molecule has 1 saturated carbocycles. The Balaban J connectivity index is 1.93. The van der Waals surface area contributed by atoms with Gasteiger partial charge in [-0.1, -0.05) is 42.0 Å². The lowest BCUT2D eigenvalue weighted by atomic mass is 9.96. The zero-order valence-electron chi connectivity index (χ0n) is 12.7. The van der Waals surface area contributed by atoms with Crippen LogP contribution in [0.5, 0.6) is 0 Å². The summed E-state index contributed by atoms with van der Waals surface area (Å²) in [7, 11) is 0. The van der Waals surface area contributed by atoms with E-state index in [4.69, 9.17) is 0 Å². The lowest BCUT2D eigenvalue weighted by Gasteiger charge is -2.21. The second kappa shape index (κ2) is 5.98. The summed E-state index contributed by atoms with van der Waals surface area (Å²) in [6.45, 7) is 4.96. The molecule has 1 aliphatic carbocycles. The average molecular weight is 283 g/mol. The Morgan fingerprint density at radius 1 is 1.10 bits per heavy atom. The smallest absolute Gasteiger partial charge is 0.128 e. The van der Waals surface area contributed by atoms with Crippen molar-refractivity contribution in [3.8, 4) is 0 Å². The highest BCUT2D eigenvalue weighted by molar-refractivity contribution is 5.36. The summed E-state index contributed by atoms with van der Waals surface area (Å²) in [5.41, 5.74) is 4.05. The molecule has 2 aromatic carbocycles. The molecule has 0 radical (unpaired) electrons. The lowest BCUT2D eigenvalue weighted by Crippen LogP contribution is -2.25. The highest BCUT2D eigenvalue weighted by Crippen LogP contribution is 2.31. The van der Waals surface area contributed by atoms with Gasteiger partial charge in [-0.25, -0.2) is 4.39 Å². The average Bonchev–Trinajstić information content (AvgIpc) is 3.25. The molecule has 1 nitrogen and oxygen atoms in total. The molecule has 1 fully saturated rings. The Hall–Kier alpha value is -1.67. The second-order valence-electron chi connectivity index (χ2n) is 6.22. The maximum Gasteiger partial charge on any atom is 0.128 e. The van der Waals surface area contributed by atoms with Crippen molar-refractivity contribution in [1.82, 2.24) is 5.32 Å². The predicted octanol–water partition coefficient (Wildman–Crippen LogP) is 4.53. The van der Waals surface area contributed by atoms with Crippen LogP contribution in [0.25, 0.3) is 0 Å². The van der Waals surface area contributed by atoms with Crippen molar-refractivity contribution in [3.05, 3.63) is 70.5 Å². The number of nitrogens with one attached hydrogen (secondary N) is 1. The fourth-order valence-electron chi connectivity index (χ4n) is 2.73. The van der Waals surface area contributed by atoms with E-state index in [1.54, 1.807) is 6.07 Å². The van der Waals surface area contributed by atoms with Gasteiger partial charge in [-0.3, -0.25) is 0 Å². The van der Waals surface area contributed by atoms with Gasteiger partial charge in [0, 0.05) is 5.56 Å². The summed E-state index contributed by atoms with van der Waals surface area (Å²) >= 11 is 0. The van der Waals surface area contributed by atoms with Crippen molar-refractivity contribution < 1.29 is 4.39 Å². The number of benzene rings is 2. The number of hydrogen-bond donors (Lipinski definition) is 1. The van der Waals surface area contributed by atoms with Crippen LogP contribution in [0.3, 0.4) is 0 Å². The van der Waals surface area contributed by atoms with Crippen molar-refractivity contribution in [2.45, 2.75) is 32.7 Å². The summed E-state index contributed by atoms with van der Waals surface area (Å²) < 4.78 is 14.4. The fraction of sp³-hybridized carbons (Fsp3) is 0.368. The van der Waals surface area contributed by atoms with Gasteiger partial charge < -0.3 is 5.32 Å². The summed E-state index contributed by atoms with van der Waals surface area (Å²) in [6.07, 6.45) is 2.59. The molecule has 0 saturated heterocycles. The van der Waals surface area contributed by atoms with Crippen LogP contribution in [0, 0.1) is 25.6 Å². The first kappa shape index (κ1) is 14.3. The van der Waals surface area contributed by atoms with E-state index in [1.165, 1.54) is 18.4 Å². The monoisotopic (exact) mass is 283 g/mol. The van der Waals surface area contributed by atoms with E-state index in [9.17, 15) is 4.39 Å². The van der Waals surface area contributed by atoms with Crippen LogP contribution in [0.15, 0.2) is 42.5 Å². The van der Waals surface area contributed by atoms with E-state index in [2.05, 4.69) is 30.4 Å². The molecule has 0 aliphatic heterocycles. The van der Waals surface area contributed by atoms with Crippen molar-refractivity contribution in [2.75, 3.05) is 6.54 Å². The Labute approximate surface area is 126 Å². The van der Waals surface area contributed by atoms with Crippen LogP contribution in [-0.4, -0.2) is 6.54 Å². The van der Waals surface area contributed by atoms with Gasteiger partial charge in [0.2, 0.25) is 0 Å². The minimum absolute atomic E-state index is 0.0638. The molecule has 1 aliphatic rings. The van der Waals surface area contributed by atoms with Gasteiger partial charge in [-0.15, -0.1) is 0 Å². The molecule has 3 rings (SSSR count). The first-order valence-electron chi connectivity index (χ1n) is 7.69. The van der Waals surface area contributed by atoms with Gasteiger partial charge in [0.1, 0.15) is 5.82 Å². The molecule has 0 spiro atoms. The predicted molar refractivity (Wildman–Crippen MR) is 84.9 cm³/mol. The number of halogens is 1. The second-order valence-corrected chi connectivity index (χ2v) is 6.22. The molecule has 1 atom stereocenters. The van der Waals surface area contributed by atoms with Gasteiger partial charge in [0.25, 0.3) is 0 Å². The van der Waals surface area contributed by atoms with Crippen LogP contribution in [0.2, 0.25) is 0 Å². The molecule has 0 aromatic heterocycles. The first-order chi connectivity index (χ1) is 10.1. The van der Waals surface area contributed by atoms with Gasteiger partial charge in [-0.05, 0) is 56.3 Å². The van der Waals surface area contributed by atoms with Crippen LogP contribution in [0.1, 0.15) is 41.1 Å². The standard InChI is InChI=1S/C19H22FN/c1-13-4-3-5-16(10-13)19(21-12-15-7-8-15)17-9-6-14(2)11-18(17)20/h3-6,9-11,15,19,21H,7-8,12H2,1-2H3.